The molecule has 0 spiro atoms. The van der Waals surface area contributed by atoms with Gasteiger partial charge in [0.25, 0.3) is 0 Å². The number of carboxylic acid groups (broad SMARTS) is 1. The van der Waals surface area contributed by atoms with Crippen molar-refractivity contribution in [1.82, 2.24) is 9.80 Å². The van der Waals surface area contributed by atoms with Crippen molar-refractivity contribution in [3.05, 3.63) is 65.7 Å². The molecule has 5 heteroatoms. The van der Waals surface area contributed by atoms with Crippen molar-refractivity contribution < 1.29 is 15.0 Å². The largest absolute Gasteiger partial charge is 0.508 e. The van der Waals surface area contributed by atoms with E-state index >= 15 is 0 Å². The Balaban J connectivity index is 1.69. The third kappa shape index (κ3) is 4.06. The summed E-state index contributed by atoms with van der Waals surface area (Å²) in [4.78, 5) is 15.4. The molecule has 1 fully saturated rings. The summed E-state index contributed by atoms with van der Waals surface area (Å²) in [5.74, 6) is 0.225. The third-order valence-electron chi connectivity index (χ3n) is 4.47. The van der Waals surface area contributed by atoms with E-state index in [0.717, 1.165) is 18.7 Å². The molecule has 5 nitrogen and oxygen atoms in total. The lowest BCUT2D eigenvalue weighted by Gasteiger charge is -2.40. The molecule has 0 unspecified atom stereocenters. The van der Waals surface area contributed by atoms with Gasteiger partial charge in [0, 0.05) is 26.2 Å². The van der Waals surface area contributed by atoms with E-state index in [9.17, 15) is 15.0 Å². The summed E-state index contributed by atoms with van der Waals surface area (Å²) in [7, 11) is 0. The van der Waals surface area contributed by atoms with Crippen molar-refractivity contribution in [2.75, 3.05) is 19.6 Å². The van der Waals surface area contributed by atoms with Gasteiger partial charge in [0.2, 0.25) is 0 Å². The average molecular weight is 326 g/mol. The Morgan fingerprint density at radius 1 is 1.00 bits per heavy atom. The Labute approximate surface area is 141 Å². The van der Waals surface area contributed by atoms with E-state index < -0.39 is 6.09 Å². The van der Waals surface area contributed by atoms with Crippen LogP contribution in [0.2, 0.25) is 0 Å². The van der Waals surface area contributed by atoms with Crippen LogP contribution in [0.3, 0.4) is 0 Å². The molecule has 1 saturated heterocycles. The van der Waals surface area contributed by atoms with Crippen molar-refractivity contribution in [3.8, 4) is 5.75 Å². The molecule has 2 aromatic rings. The Morgan fingerprint density at radius 2 is 1.71 bits per heavy atom. The van der Waals surface area contributed by atoms with Gasteiger partial charge in [-0.05, 0) is 29.7 Å². The highest BCUT2D eigenvalue weighted by Crippen LogP contribution is 2.19. The lowest BCUT2D eigenvalue weighted by molar-refractivity contribution is 0.0645. The smallest absolute Gasteiger partial charge is 0.407 e. The summed E-state index contributed by atoms with van der Waals surface area (Å²) in [6, 6.07) is 17.2. The predicted octanol–water partition coefficient (Wildman–Crippen LogP) is 2.80. The Hall–Kier alpha value is -2.53. The Bertz CT molecular complexity index is 673. The zero-order valence-corrected chi connectivity index (χ0v) is 13.5. The fourth-order valence-electron chi connectivity index (χ4n) is 3.24. The number of nitrogens with zero attached hydrogens (tertiary/aromatic N) is 2. The highest BCUT2D eigenvalue weighted by Gasteiger charge is 2.30. The lowest BCUT2D eigenvalue weighted by atomic mass is 10.0. The van der Waals surface area contributed by atoms with Gasteiger partial charge in [-0.15, -0.1) is 0 Å². The van der Waals surface area contributed by atoms with E-state index in [0.29, 0.717) is 19.5 Å². The van der Waals surface area contributed by atoms with Gasteiger partial charge in [0.15, 0.2) is 0 Å². The number of rotatable bonds is 4. The second-order valence-corrected chi connectivity index (χ2v) is 6.22. The Kier molecular flexibility index (Phi) is 5.01. The summed E-state index contributed by atoms with van der Waals surface area (Å²) >= 11 is 0. The molecule has 1 atom stereocenters. The summed E-state index contributed by atoms with van der Waals surface area (Å²) in [6.45, 7) is 2.81. The number of hydrogen-bond donors (Lipinski definition) is 2. The molecule has 3 rings (SSSR count). The second kappa shape index (κ2) is 7.36. The van der Waals surface area contributed by atoms with Crippen LogP contribution in [0.4, 0.5) is 4.79 Å². The average Bonchev–Trinajstić information content (AvgIpc) is 2.58. The number of hydrogen-bond acceptors (Lipinski definition) is 3. The van der Waals surface area contributed by atoms with Crippen LogP contribution in [0.25, 0.3) is 0 Å². The van der Waals surface area contributed by atoms with E-state index in [1.54, 1.807) is 12.1 Å². The summed E-state index contributed by atoms with van der Waals surface area (Å²) in [5, 5.41) is 18.9. The fraction of sp³-hybridized carbons (Fsp3) is 0.316. The van der Waals surface area contributed by atoms with Crippen LogP contribution in [0.5, 0.6) is 5.75 Å². The maximum absolute atomic E-state index is 11.5. The molecule has 0 saturated carbocycles. The van der Waals surface area contributed by atoms with Gasteiger partial charge in [-0.1, -0.05) is 42.5 Å². The molecule has 2 N–H and O–H groups in total. The fourth-order valence-corrected chi connectivity index (χ4v) is 3.24. The highest BCUT2D eigenvalue weighted by atomic mass is 16.4. The number of amides is 1. The molecule has 24 heavy (non-hydrogen) atoms. The number of benzene rings is 2. The molecule has 1 aliphatic heterocycles. The molecular weight excluding hydrogens is 304 g/mol. The van der Waals surface area contributed by atoms with Crippen molar-refractivity contribution in [2.45, 2.75) is 19.0 Å². The number of carbonyl (C=O) groups is 1. The minimum Gasteiger partial charge on any atom is -0.508 e. The molecule has 1 heterocycles. The standard InChI is InChI=1S/C19H22N2O3/c22-18-8-6-15(7-9-18)12-17-14-20(10-11-21(17)19(23)24)13-16-4-2-1-3-5-16/h1-9,17,22H,10-14H2,(H,23,24)/t17-/m1/s1. The monoisotopic (exact) mass is 326 g/mol. The van der Waals surface area contributed by atoms with Crippen molar-refractivity contribution >= 4 is 6.09 Å². The number of aromatic hydroxyl groups is 1. The van der Waals surface area contributed by atoms with Crippen LogP contribution in [0.15, 0.2) is 54.6 Å². The molecule has 0 bridgehead atoms. The zero-order chi connectivity index (χ0) is 16.9. The molecule has 126 valence electrons. The first-order chi connectivity index (χ1) is 11.6. The van der Waals surface area contributed by atoms with Crippen LogP contribution in [0.1, 0.15) is 11.1 Å². The van der Waals surface area contributed by atoms with Crippen LogP contribution in [-0.2, 0) is 13.0 Å². The number of phenols is 1. The van der Waals surface area contributed by atoms with Crippen LogP contribution < -0.4 is 0 Å². The van der Waals surface area contributed by atoms with Gasteiger partial charge in [0.05, 0.1) is 6.04 Å². The highest BCUT2D eigenvalue weighted by molar-refractivity contribution is 5.65. The number of piperazine rings is 1. The van der Waals surface area contributed by atoms with Gasteiger partial charge >= 0.3 is 6.09 Å². The SMILES string of the molecule is O=C(O)N1CCN(Cc2ccccc2)C[C@H]1Cc1ccc(O)cc1. The molecule has 1 aliphatic rings. The molecular formula is C19H22N2O3. The quantitative estimate of drug-likeness (QED) is 0.907. The summed E-state index contributed by atoms with van der Waals surface area (Å²) < 4.78 is 0. The van der Waals surface area contributed by atoms with Gasteiger partial charge in [-0.3, -0.25) is 4.90 Å². The van der Waals surface area contributed by atoms with Gasteiger partial charge in [0.1, 0.15) is 5.75 Å². The van der Waals surface area contributed by atoms with Crippen molar-refractivity contribution in [2.24, 2.45) is 0 Å². The van der Waals surface area contributed by atoms with Gasteiger partial charge < -0.3 is 15.1 Å². The van der Waals surface area contributed by atoms with E-state index in [2.05, 4.69) is 17.0 Å². The second-order valence-electron chi connectivity index (χ2n) is 6.22. The topological polar surface area (TPSA) is 64.0 Å². The first kappa shape index (κ1) is 16.3. The van der Waals surface area contributed by atoms with Crippen molar-refractivity contribution in [3.63, 3.8) is 0 Å². The zero-order valence-electron chi connectivity index (χ0n) is 13.5. The van der Waals surface area contributed by atoms with Crippen LogP contribution in [0, 0.1) is 0 Å². The van der Waals surface area contributed by atoms with E-state index in [1.807, 2.05) is 30.3 Å². The molecule has 2 aromatic carbocycles. The van der Waals surface area contributed by atoms with Crippen molar-refractivity contribution in [1.29, 1.82) is 0 Å². The number of phenolic OH excluding ortho intramolecular Hbond substituents is 1. The summed E-state index contributed by atoms with van der Waals surface area (Å²) in [6.07, 6.45) is -0.212. The van der Waals surface area contributed by atoms with Gasteiger partial charge in [-0.2, -0.15) is 0 Å². The minimum absolute atomic E-state index is 0.0792. The lowest BCUT2D eigenvalue weighted by Crippen LogP contribution is -2.55. The summed E-state index contributed by atoms with van der Waals surface area (Å²) in [5.41, 5.74) is 2.27. The first-order valence-electron chi connectivity index (χ1n) is 8.15. The third-order valence-corrected chi connectivity index (χ3v) is 4.47. The van der Waals surface area contributed by atoms with Gasteiger partial charge in [-0.25, -0.2) is 4.79 Å². The van der Waals surface area contributed by atoms with E-state index in [-0.39, 0.29) is 11.8 Å². The maximum atomic E-state index is 11.5. The van der Waals surface area contributed by atoms with E-state index in [1.165, 1.54) is 10.5 Å². The van der Waals surface area contributed by atoms with Crippen LogP contribution in [-0.4, -0.2) is 51.8 Å². The molecule has 0 radical (unpaired) electrons. The predicted molar refractivity (Wildman–Crippen MR) is 92.0 cm³/mol. The molecule has 1 amide bonds. The molecule has 0 aromatic heterocycles. The van der Waals surface area contributed by atoms with E-state index in [4.69, 9.17) is 0 Å². The maximum Gasteiger partial charge on any atom is 0.407 e. The minimum atomic E-state index is -0.863. The first-order valence-corrected chi connectivity index (χ1v) is 8.15. The van der Waals surface area contributed by atoms with Crippen LogP contribution >= 0.6 is 0 Å². The molecule has 0 aliphatic carbocycles. The normalized spacial score (nSPS) is 18.5. The Morgan fingerprint density at radius 3 is 2.38 bits per heavy atom.